The van der Waals surface area contributed by atoms with Gasteiger partial charge in [0.05, 0.1) is 7.05 Å². The molecular formula is C19H22N2O2+2. The number of likely N-dealkylation sites (N-methyl/N-ethyl adjacent to an activating group) is 1. The summed E-state index contributed by atoms with van der Waals surface area (Å²) in [5, 5.41) is 3.46. The van der Waals surface area contributed by atoms with Gasteiger partial charge >= 0.3 is 5.63 Å². The van der Waals surface area contributed by atoms with Crippen molar-refractivity contribution in [2.75, 3.05) is 33.2 Å². The van der Waals surface area contributed by atoms with Crippen LogP contribution in [0.15, 0.2) is 51.7 Å². The maximum Gasteiger partial charge on any atom is 0.336 e. The van der Waals surface area contributed by atoms with Gasteiger partial charge in [0.2, 0.25) is 0 Å². The van der Waals surface area contributed by atoms with E-state index in [9.17, 15) is 4.79 Å². The van der Waals surface area contributed by atoms with E-state index in [1.807, 2.05) is 24.3 Å². The monoisotopic (exact) mass is 310 g/mol. The summed E-state index contributed by atoms with van der Waals surface area (Å²) in [6.45, 7) is 5.57. The van der Waals surface area contributed by atoms with Gasteiger partial charge in [-0.25, -0.2) is 4.79 Å². The van der Waals surface area contributed by atoms with Crippen molar-refractivity contribution in [2.24, 2.45) is 0 Å². The zero-order chi connectivity index (χ0) is 15.8. The summed E-state index contributed by atoms with van der Waals surface area (Å²) in [4.78, 5) is 15.1. The van der Waals surface area contributed by atoms with E-state index in [1.165, 1.54) is 23.9 Å². The van der Waals surface area contributed by atoms with Crippen molar-refractivity contribution in [3.63, 3.8) is 0 Å². The average molecular weight is 310 g/mol. The van der Waals surface area contributed by atoms with E-state index in [0.29, 0.717) is 5.58 Å². The molecule has 3 aromatic rings. The third kappa shape index (κ3) is 2.76. The van der Waals surface area contributed by atoms with Crippen LogP contribution in [0.25, 0.3) is 21.7 Å². The quantitative estimate of drug-likeness (QED) is 0.511. The topological polar surface area (TPSA) is 39.1 Å². The molecule has 0 spiro atoms. The molecule has 0 bridgehead atoms. The second-order valence-corrected chi connectivity index (χ2v) is 6.63. The minimum atomic E-state index is -0.248. The molecule has 0 saturated carbocycles. The number of hydrogen-bond donors (Lipinski definition) is 2. The Kier molecular flexibility index (Phi) is 3.63. The van der Waals surface area contributed by atoms with Gasteiger partial charge in [-0.15, -0.1) is 0 Å². The number of fused-ring (bicyclic) bond motifs is 3. The van der Waals surface area contributed by atoms with Crippen LogP contribution in [0, 0.1) is 0 Å². The molecule has 1 aromatic heterocycles. The van der Waals surface area contributed by atoms with E-state index in [-0.39, 0.29) is 5.63 Å². The van der Waals surface area contributed by atoms with Crippen LogP contribution in [0.4, 0.5) is 0 Å². The van der Waals surface area contributed by atoms with Gasteiger partial charge < -0.3 is 14.2 Å². The van der Waals surface area contributed by atoms with Gasteiger partial charge in [-0.3, -0.25) is 0 Å². The molecule has 4 rings (SSSR count). The summed E-state index contributed by atoms with van der Waals surface area (Å²) in [7, 11) is 2.25. The highest BCUT2D eigenvalue weighted by Gasteiger charge is 2.21. The largest absolute Gasteiger partial charge is 0.423 e. The van der Waals surface area contributed by atoms with Crippen LogP contribution >= 0.6 is 0 Å². The van der Waals surface area contributed by atoms with Gasteiger partial charge in [0.25, 0.3) is 0 Å². The first kappa shape index (κ1) is 14.4. The van der Waals surface area contributed by atoms with Crippen molar-refractivity contribution in [1.29, 1.82) is 0 Å². The van der Waals surface area contributed by atoms with Crippen molar-refractivity contribution in [1.82, 2.24) is 0 Å². The van der Waals surface area contributed by atoms with E-state index >= 15 is 0 Å². The molecule has 0 amide bonds. The zero-order valence-corrected chi connectivity index (χ0v) is 13.4. The molecule has 1 aliphatic rings. The second kappa shape index (κ2) is 5.80. The van der Waals surface area contributed by atoms with Crippen LogP contribution in [-0.4, -0.2) is 33.2 Å². The second-order valence-electron chi connectivity index (χ2n) is 6.63. The lowest BCUT2D eigenvalue weighted by atomic mass is 10.0. The third-order valence-electron chi connectivity index (χ3n) is 4.97. The lowest BCUT2D eigenvalue weighted by Crippen LogP contribution is -3.26. The number of benzene rings is 2. The van der Waals surface area contributed by atoms with Gasteiger partial charge in [0, 0.05) is 17.0 Å². The maximum atomic E-state index is 12.0. The van der Waals surface area contributed by atoms with Crippen LogP contribution in [0.3, 0.4) is 0 Å². The number of hydrogen-bond acceptors (Lipinski definition) is 2. The zero-order valence-electron chi connectivity index (χ0n) is 13.4. The number of piperazine rings is 1. The van der Waals surface area contributed by atoms with Gasteiger partial charge in [0.1, 0.15) is 38.3 Å². The van der Waals surface area contributed by atoms with E-state index < -0.39 is 0 Å². The molecule has 2 aromatic carbocycles. The normalized spacial score (nSPS) is 21.8. The Labute approximate surface area is 134 Å². The van der Waals surface area contributed by atoms with Gasteiger partial charge in [-0.1, -0.05) is 30.3 Å². The van der Waals surface area contributed by atoms with Crippen LogP contribution in [0.1, 0.15) is 5.56 Å². The Hall–Kier alpha value is -2.17. The number of rotatable bonds is 2. The van der Waals surface area contributed by atoms with Gasteiger partial charge in [-0.2, -0.15) is 0 Å². The van der Waals surface area contributed by atoms with Crippen LogP contribution in [0.5, 0.6) is 0 Å². The predicted octanol–water partition coefficient (Wildman–Crippen LogP) is -0.141. The molecule has 118 valence electrons. The minimum Gasteiger partial charge on any atom is -0.423 e. The molecule has 23 heavy (non-hydrogen) atoms. The summed E-state index contributed by atoms with van der Waals surface area (Å²) >= 11 is 0. The van der Waals surface area contributed by atoms with Crippen LogP contribution in [-0.2, 0) is 6.54 Å². The van der Waals surface area contributed by atoms with Crippen molar-refractivity contribution >= 4 is 21.7 Å². The van der Waals surface area contributed by atoms with E-state index in [0.717, 1.165) is 30.6 Å². The molecule has 4 heteroatoms. The fraction of sp³-hybridized carbons (Fsp3) is 0.316. The lowest BCUT2D eigenvalue weighted by molar-refractivity contribution is -1.01. The van der Waals surface area contributed by atoms with Crippen LogP contribution < -0.4 is 15.4 Å². The molecule has 1 saturated heterocycles. The smallest absolute Gasteiger partial charge is 0.336 e. The molecule has 0 atom stereocenters. The van der Waals surface area contributed by atoms with Crippen molar-refractivity contribution < 1.29 is 14.2 Å². The van der Waals surface area contributed by atoms with Crippen molar-refractivity contribution in [3.8, 4) is 0 Å². The Morgan fingerprint density at radius 1 is 1.04 bits per heavy atom. The molecule has 1 aliphatic heterocycles. The molecule has 1 fully saturated rings. The van der Waals surface area contributed by atoms with Crippen molar-refractivity contribution in [3.05, 3.63) is 58.4 Å². The van der Waals surface area contributed by atoms with E-state index in [1.54, 1.807) is 15.9 Å². The van der Waals surface area contributed by atoms with E-state index in [2.05, 4.69) is 19.2 Å². The summed E-state index contributed by atoms with van der Waals surface area (Å²) in [6, 6.07) is 13.9. The Morgan fingerprint density at radius 2 is 1.83 bits per heavy atom. The first-order valence-corrected chi connectivity index (χ1v) is 8.30. The first-order chi connectivity index (χ1) is 11.2. The van der Waals surface area contributed by atoms with Crippen molar-refractivity contribution in [2.45, 2.75) is 6.54 Å². The molecule has 0 radical (unpaired) electrons. The Morgan fingerprint density at radius 3 is 2.65 bits per heavy atom. The highest BCUT2D eigenvalue weighted by Crippen LogP contribution is 2.26. The minimum absolute atomic E-state index is 0.248. The van der Waals surface area contributed by atoms with Gasteiger partial charge in [0.15, 0.2) is 0 Å². The number of quaternary nitrogens is 2. The fourth-order valence-corrected chi connectivity index (χ4v) is 3.64. The Balaban J connectivity index is 1.84. The standard InChI is InChI=1S/C19H20N2O2/c1-20-8-10-21(11-9-20)13-15-12-18(22)23-17-7-6-14-4-2-3-5-16(14)19(15)17/h2-7,12H,8-11,13H2,1H3/p+2. The summed E-state index contributed by atoms with van der Waals surface area (Å²) < 4.78 is 5.45. The van der Waals surface area contributed by atoms with Crippen LogP contribution in [0.2, 0.25) is 0 Å². The SMILES string of the molecule is C[NH+]1CC[NH+](Cc2cc(=O)oc3ccc4ccccc4c23)CC1. The van der Waals surface area contributed by atoms with E-state index in [4.69, 9.17) is 4.42 Å². The molecule has 0 aliphatic carbocycles. The summed E-state index contributed by atoms with van der Waals surface area (Å²) in [5.74, 6) is 0. The molecule has 0 unspecified atom stereocenters. The molecular weight excluding hydrogens is 288 g/mol. The highest BCUT2D eigenvalue weighted by atomic mass is 16.4. The average Bonchev–Trinajstić information content (AvgIpc) is 2.56. The number of nitrogens with one attached hydrogen (secondary N) is 2. The van der Waals surface area contributed by atoms with Gasteiger partial charge in [-0.05, 0) is 16.8 Å². The lowest BCUT2D eigenvalue weighted by Gasteiger charge is -2.27. The summed E-state index contributed by atoms with van der Waals surface area (Å²) in [5.41, 5.74) is 1.56. The Bertz CT molecular complexity index is 908. The maximum absolute atomic E-state index is 12.0. The highest BCUT2D eigenvalue weighted by molar-refractivity contribution is 6.06. The summed E-state index contributed by atoms with van der Waals surface area (Å²) in [6.07, 6.45) is 0. The molecule has 2 N–H and O–H groups in total. The molecule has 2 heterocycles. The predicted molar refractivity (Wildman–Crippen MR) is 91.0 cm³/mol. The first-order valence-electron chi connectivity index (χ1n) is 8.30. The third-order valence-corrected chi connectivity index (χ3v) is 4.97. The molecule has 4 nitrogen and oxygen atoms in total. The fourth-order valence-electron chi connectivity index (χ4n) is 3.64.